The van der Waals surface area contributed by atoms with E-state index in [-0.39, 0.29) is 0 Å². The molecule has 0 saturated heterocycles. The second-order valence-electron chi connectivity index (χ2n) is 5.56. The quantitative estimate of drug-likeness (QED) is 0.297. The predicted octanol–water partition coefficient (Wildman–Crippen LogP) is 6.80. The van der Waals surface area contributed by atoms with Crippen molar-refractivity contribution in [1.82, 2.24) is 0 Å². The van der Waals surface area contributed by atoms with E-state index in [1.54, 1.807) is 12.1 Å². The van der Waals surface area contributed by atoms with Gasteiger partial charge in [0.05, 0.1) is 5.56 Å². The summed E-state index contributed by atoms with van der Waals surface area (Å²) in [5.41, 5.74) is 11.9. The first-order chi connectivity index (χ1) is 11.8. The lowest BCUT2D eigenvalue weighted by Crippen LogP contribution is -1.86. The van der Waals surface area contributed by atoms with E-state index in [1.165, 1.54) is 0 Å². The van der Waals surface area contributed by atoms with E-state index < -0.39 is 0 Å². The molecule has 0 amide bonds. The molecule has 0 unspecified atom stereocenters. The van der Waals surface area contributed by atoms with Crippen molar-refractivity contribution in [3.8, 4) is 11.1 Å². The standard InChI is InChI=1S/C20H12N4/c21-23-17-11-9-13-5-1-3-7-15(13)19(17)20-16-8-4-2-6-14(16)10-12-18(20)24-22/h1-12H. The van der Waals surface area contributed by atoms with E-state index in [9.17, 15) is 10.9 Å². The Kier molecular flexibility index (Phi) is 3.25. The van der Waals surface area contributed by atoms with E-state index in [0.717, 1.165) is 32.7 Å². The molecule has 0 fully saturated rings. The molecule has 0 spiro atoms. The molecule has 112 valence electrons. The Hall–Kier alpha value is -3.58. The summed E-state index contributed by atoms with van der Waals surface area (Å²) in [7, 11) is 0. The third-order valence-corrected chi connectivity index (χ3v) is 4.28. The zero-order chi connectivity index (χ0) is 16.5. The van der Waals surface area contributed by atoms with Gasteiger partial charge in [0.1, 0.15) is 0 Å². The molecule has 4 nitrogen and oxygen atoms in total. The van der Waals surface area contributed by atoms with Gasteiger partial charge >= 0.3 is 5.69 Å². The molecule has 0 aliphatic heterocycles. The topological polar surface area (TPSA) is 62.8 Å². The van der Waals surface area contributed by atoms with Gasteiger partial charge in [-0.3, -0.25) is 0 Å². The highest BCUT2D eigenvalue weighted by molar-refractivity contribution is 6.13. The Morgan fingerprint density at radius 2 is 1.29 bits per heavy atom. The molecule has 0 aromatic heterocycles. The van der Waals surface area contributed by atoms with E-state index >= 15 is 0 Å². The van der Waals surface area contributed by atoms with Crippen molar-refractivity contribution in [3.05, 3.63) is 83.3 Å². The lowest BCUT2D eigenvalue weighted by Gasteiger charge is -2.13. The molecule has 4 heteroatoms. The summed E-state index contributed by atoms with van der Waals surface area (Å²) in [4.78, 5) is 3.46. The van der Waals surface area contributed by atoms with Gasteiger partial charge in [0.2, 0.25) is 5.39 Å². The van der Waals surface area contributed by atoms with Crippen molar-refractivity contribution in [1.29, 1.82) is 5.39 Å². The first kappa shape index (κ1) is 14.0. The van der Waals surface area contributed by atoms with Crippen molar-refractivity contribution in [3.63, 3.8) is 0 Å². The highest BCUT2D eigenvalue weighted by atomic mass is 15.0. The number of nitrogens with zero attached hydrogens (tertiary/aromatic N) is 4. The van der Waals surface area contributed by atoms with Crippen LogP contribution < -0.4 is 0 Å². The van der Waals surface area contributed by atoms with Gasteiger partial charge < -0.3 is 10.6 Å². The van der Waals surface area contributed by atoms with Crippen LogP contribution >= 0.6 is 0 Å². The maximum absolute atomic E-state index is 9.51. The van der Waals surface area contributed by atoms with Gasteiger partial charge in [-0.05, 0) is 33.7 Å². The third kappa shape index (κ3) is 2.03. The van der Waals surface area contributed by atoms with Crippen LogP contribution in [0.1, 0.15) is 0 Å². The summed E-state index contributed by atoms with van der Waals surface area (Å²) in [5, 5.41) is 16.9. The SMILES string of the molecule is N#[N+]c1ccc2ccccc2c1-c1c(N=[N-])ccc2ccccc12. The minimum absolute atomic E-state index is 0.440. The molecule has 24 heavy (non-hydrogen) atoms. The van der Waals surface area contributed by atoms with E-state index in [0.29, 0.717) is 11.4 Å². The predicted molar refractivity (Wildman–Crippen MR) is 97.1 cm³/mol. The molecule has 0 bridgehead atoms. The summed E-state index contributed by atoms with van der Waals surface area (Å²) in [6.07, 6.45) is 0. The van der Waals surface area contributed by atoms with E-state index in [2.05, 4.69) is 10.1 Å². The Morgan fingerprint density at radius 3 is 1.92 bits per heavy atom. The number of rotatable bonds is 2. The van der Waals surface area contributed by atoms with Crippen LogP contribution in [0.5, 0.6) is 0 Å². The molecule has 4 rings (SSSR count). The summed E-state index contributed by atoms with van der Waals surface area (Å²) >= 11 is 0. The summed E-state index contributed by atoms with van der Waals surface area (Å²) in [6.45, 7) is 0. The molecular formula is C20H12N4. The summed E-state index contributed by atoms with van der Waals surface area (Å²) in [5.74, 6) is 0. The molecular weight excluding hydrogens is 296 g/mol. The summed E-state index contributed by atoms with van der Waals surface area (Å²) < 4.78 is 0. The number of fused-ring (bicyclic) bond motifs is 2. The molecule has 4 aromatic rings. The highest BCUT2D eigenvalue weighted by Crippen LogP contribution is 2.45. The van der Waals surface area contributed by atoms with Crippen molar-refractivity contribution < 1.29 is 0 Å². The minimum Gasteiger partial charge on any atom is -0.706 e. The lowest BCUT2D eigenvalue weighted by atomic mass is 9.91. The van der Waals surface area contributed by atoms with Gasteiger partial charge in [0.15, 0.2) is 4.98 Å². The van der Waals surface area contributed by atoms with Crippen LogP contribution in [0.2, 0.25) is 0 Å². The maximum atomic E-state index is 9.51. The zero-order valence-electron chi connectivity index (χ0n) is 12.7. The highest BCUT2D eigenvalue weighted by Gasteiger charge is 2.22. The minimum atomic E-state index is 0.440. The van der Waals surface area contributed by atoms with Gasteiger partial charge in [0.25, 0.3) is 0 Å². The average Bonchev–Trinajstić information content (AvgIpc) is 2.66. The first-order valence-electron chi connectivity index (χ1n) is 7.57. The second kappa shape index (κ2) is 5.56. The molecule has 0 saturated carbocycles. The van der Waals surface area contributed by atoms with Crippen molar-refractivity contribution in [2.24, 2.45) is 5.11 Å². The van der Waals surface area contributed by atoms with E-state index in [4.69, 9.17) is 0 Å². The second-order valence-corrected chi connectivity index (χ2v) is 5.56. The van der Waals surface area contributed by atoms with E-state index in [1.807, 2.05) is 60.7 Å². The molecule has 0 radical (unpaired) electrons. The van der Waals surface area contributed by atoms with Gasteiger partial charge in [0, 0.05) is 17.3 Å². The Morgan fingerprint density at radius 1 is 0.708 bits per heavy atom. The zero-order valence-corrected chi connectivity index (χ0v) is 12.7. The van der Waals surface area contributed by atoms with Crippen molar-refractivity contribution in [2.75, 3.05) is 0 Å². The Balaban J connectivity index is 2.26. The molecule has 0 atom stereocenters. The fourth-order valence-electron chi connectivity index (χ4n) is 3.21. The smallest absolute Gasteiger partial charge is 0.393 e. The molecule has 0 N–H and O–H groups in total. The largest absolute Gasteiger partial charge is 0.706 e. The third-order valence-electron chi connectivity index (χ3n) is 4.28. The molecule has 0 aliphatic rings. The van der Waals surface area contributed by atoms with Crippen LogP contribution in [0.3, 0.4) is 0 Å². The van der Waals surface area contributed by atoms with Crippen molar-refractivity contribution in [2.45, 2.75) is 0 Å². The fraction of sp³-hybridized carbons (Fsp3) is 0. The number of hydrogen-bond acceptors (Lipinski definition) is 2. The van der Waals surface area contributed by atoms with Crippen LogP contribution in [0, 0.1) is 5.39 Å². The maximum Gasteiger partial charge on any atom is 0.393 e. The van der Waals surface area contributed by atoms with Crippen LogP contribution in [0.25, 0.3) is 43.2 Å². The fourth-order valence-corrected chi connectivity index (χ4v) is 3.21. The number of hydrogen-bond donors (Lipinski definition) is 0. The van der Waals surface area contributed by atoms with Gasteiger partial charge in [-0.1, -0.05) is 54.6 Å². The molecule has 0 heterocycles. The van der Waals surface area contributed by atoms with Gasteiger partial charge in [-0.2, -0.15) is 0 Å². The van der Waals surface area contributed by atoms with Gasteiger partial charge in [-0.25, -0.2) is 0 Å². The van der Waals surface area contributed by atoms with Gasteiger partial charge in [-0.15, -0.1) is 0 Å². The average molecular weight is 308 g/mol. The van der Waals surface area contributed by atoms with Crippen LogP contribution in [0.4, 0.5) is 11.4 Å². The Bertz CT molecular complexity index is 1140. The summed E-state index contributed by atoms with van der Waals surface area (Å²) in [6, 6.07) is 23.1. The number of benzene rings is 4. The molecule has 0 aliphatic carbocycles. The first-order valence-corrected chi connectivity index (χ1v) is 7.57. The van der Waals surface area contributed by atoms with Crippen molar-refractivity contribution >= 4 is 32.9 Å². The van der Waals surface area contributed by atoms with Crippen LogP contribution in [-0.4, -0.2) is 0 Å². The lowest BCUT2D eigenvalue weighted by molar-refractivity contribution is 1.46. The number of diazo groups is 1. The Labute approximate surface area is 138 Å². The molecule has 4 aromatic carbocycles. The monoisotopic (exact) mass is 308 g/mol. The normalized spacial score (nSPS) is 10.6. The van der Waals surface area contributed by atoms with Crippen LogP contribution in [-0.2, 0) is 0 Å². The van der Waals surface area contributed by atoms with Crippen LogP contribution in [0.15, 0.2) is 77.9 Å².